The fraction of sp³-hybridized carbons (Fsp3) is 0.214. The zero-order chi connectivity index (χ0) is 38.7. The van der Waals surface area contributed by atoms with Crippen molar-refractivity contribution in [2.75, 3.05) is 40.8 Å². The van der Waals surface area contributed by atoms with Crippen LogP contribution in [0.15, 0.2) is 131 Å². The summed E-state index contributed by atoms with van der Waals surface area (Å²) in [7, 11) is 3.04. The van der Waals surface area contributed by atoms with Crippen molar-refractivity contribution in [3.63, 3.8) is 0 Å². The summed E-state index contributed by atoms with van der Waals surface area (Å²) in [5.41, 5.74) is 3.40. The third-order valence-electron chi connectivity index (χ3n) is 6.61. The van der Waals surface area contributed by atoms with Crippen LogP contribution in [0, 0.1) is 0 Å². The number of phenols is 1. The van der Waals surface area contributed by atoms with Crippen LogP contribution in [-0.2, 0) is 38.2 Å². The SMILES string of the molecule is C=CCOC(=O)c1c(CC=C)cccc1OC.C=CCOC(=O)c1c(CC=C)cccc1OCOC.C=CCOC(=O)c1c(O)cccc1CC=C. The van der Waals surface area contributed by atoms with Gasteiger partial charge in [0.05, 0.1) is 7.11 Å². The highest BCUT2D eigenvalue weighted by molar-refractivity contribution is 5.95. The molecule has 0 saturated carbocycles. The van der Waals surface area contributed by atoms with Gasteiger partial charge in [0.15, 0.2) is 6.79 Å². The van der Waals surface area contributed by atoms with Crippen LogP contribution in [0.1, 0.15) is 47.8 Å². The monoisotopic (exact) mass is 712 g/mol. The number of benzene rings is 3. The van der Waals surface area contributed by atoms with Crippen molar-refractivity contribution in [1.82, 2.24) is 0 Å². The van der Waals surface area contributed by atoms with Gasteiger partial charge in [-0.2, -0.15) is 0 Å². The van der Waals surface area contributed by atoms with E-state index in [1.54, 1.807) is 42.5 Å². The molecule has 52 heavy (non-hydrogen) atoms. The lowest BCUT2D eigenvalue weighted by Gasteiger charge is -2.13. The molecule has 0 aliphatic carbocycles. The summed E-state index contributed by atoms with van der Waals surface area (Å²) >= 11 is 0. The molecule has 0 saturated heterocycles. The number of methoxy groups -OCH3 is 2. The molecule has 10 nitrogen and oxygen atoms in total. The van der Waals surface area contributed by atoms with Gasteiger partial charge in [-0.3, -0.25) is 0 Å². The van der Waals surface area contributed by atoms with E-state index < -0.39 is 17.9 Å². The van der Waals surface area contributed by atoms with Crippen LogP contribution in [0.4, 0.5) is 0 Å². The van der Waals surface area contributed by atoms with Crippen LogP contribution >= 0.6 is 0 Å². The molecule has 0 aromatic heterocycles. The van der Waals surface area contributed by atoms with Crippen molar-refractivity contribution < 1.29 is 47.9 Å². The molecule has 0 unspecified atom stereocenters. The molecule has 10 heteroatoms. The van der Waals surface area contributed by atoms with Gasteiger partial charge >= 0.3 is 17.9 Å². The number of esters is 3. The van der Waals surface area contributed by atoms with Crippen LogP contribution in [0.2, 0.25) is 0 Å². The number of hydrogen-bond donors (Lipinski definition) is 1. The number of hydrogen-bond acceptors (Lipinski definition) is 10. The third kappa shape index (κ3) is 14.4. The number of carbonyl (C=O) groups is 3. The summed E-state index contributed by atoms with van der Waals surface area (Å²) < 4.78 is 30.4. The number of phenolic OH excluding ortho intramolecular Hbond substituents is 1. The van der Waals surface area contributed by atoms with Crippen LogP contribution in [0.3, 0.4) is 0 Å². The quantitative estimate of drug-likeness (QED) is 0.0566. The summed E-state index contributed by atoms with van der Waals surface area (Å²) in [6, 6.07) is 15.7. The molecule has 3 aromatic rings. The standard InChI is InChI=1S/C15H18O4.C14H16O3.C13H14O3/c1-4-7-12-8-6-9-13(19-11-17-3)14(12)15(16)18-10-5-2;1-4-7-11-8-6-9-12(16-3)13(11)14(15)17-10-5-2;1-3-6-10-7-5-8-11(14)12(10)13(15)16-9-4-2/h4-6,8-9H,1-2,7,10-11H2,3H3;4-6,8-9H,1-2,7,10H2,3H3;3-5,7-8,14H,1-2,6,9H2. The number of allylic oxidation sites excluding steroid dienone is 3. The van der Waals surface area contributed by atoms with Crippen molar-refractivity contribution in [2.45, 2.75) is 19.3 Å². The van der Waals surface area contributed by atoms with Gasteiger partial charge < -0.3 is 33.5 Å². The fourth-order valence-electron chi connectivity index (χ4n) is 4.45. The van der Waals surface area contributed by atoms with E-state index in [9.17, 15) is 19.5 Å². The topological polar surface area (TPSA) is 127 Å². The Hall–Kier alpha value is -6.13. The van der Waals surface area contributed by atoms with E-state index in [0.29, 0.717) is 47.5 Å². The normalized spacial score (nSPS) is 9.58. The van der Waals surface area contributed by atoms with Crippen LogP contribution < -0.4 is 9.47 Å². The predicted molar refractivity (Wildman–Crippen MR) is 203 cm³/mol. The Balaban J connectivity index is 0.000000392. The van der Waals surface area contributed by atoms with Crippen molar-refractivity contribution in [2.24, 2.45) is 0 Å². The summed E-state index contributed by atoms with van der Waals surface area (Å²) in [5, 5.41) is 9.63. The Bertz CT molecular complexity index is 1670. The highest BCUT2D eigenvalue weighted by atomic mass is 16.7. The van der Waals surface area contributed by atoms with E-state index in [1.807, 2.05) is 24.3 Å². The average molecular weight is 713 g/mol. The molecule has 0 spiro atoms. The van der Waals surface area contributed by atoms with E-state index in [2.05, 4.69) is 39.5 Å². The first-order chi connectivity index (χ1) is 25.2. The van der Waals surface area contributed by atoms with Crippen LogP contribution in [0.25, 0.3) is 0 Å². The smallest absolute Gasteiger partial charge is 0.342 e. The number of aromatic hydroxyl groups is 1. The maximum atomic E-state index is 12.1. The maximum Gasteiger partial charge on any atom is 0.342 e. The van der Waals surface area contributed by atoms with Crippen LogP contribution in [0.5, 0.6) is 17.2 Å². The second-order valence-electron chi connectivity index (χ2n) is 10.3. The van der Waals surface area contributed by atoms with Crippen molar-refractivity contribution >= 4 is 17.9 Å². The van der Waals surface area contributed by atoms with Crippen LogP contribution in [-0.4, -0.2) is 63.8 Å². The highest BCUT2D eigenvalue weighted by Crippen LogP contribution is 2.26. The van der Waals surface area contributed by atoms with Crippen molar-refractivity contribution in [1.29, 1.82) is 0 Å². The third-order valence-corrected chi connectivity index (χ3v) is 6.61. The van der Waals surface area contributed by atoms with E-state index in [-0.39, 0.29) is 37.9 Å². The molecule has 0 bridgehead atoms. The second-order valence-corrected chi connectivity index (χ2v) is 10.3. The predicted octanol–water partition coefficient (Wildman–Crippen LogP) is 7.97. The lowest BCUT2D eigenvalue weighted by Crippen LogP contribution is -2.12. The summed E-state index contributed by atoms with van der Waals surface area (Å²) in [4.78, 5) is 35.6. The number of rotatable bonds is 19. The second kappa shape index (κ2) is 25.8. The molecule has 3 rings (SSSR count). The number of carbonyl (C=O) groups excluding carboxylic acids is 3. The number of ether oxygens (including phenoxy) is 6. The molecule has 0 aliphatic rings. The molecule has 0 atom stereocenters. The molecule has 3 aromatic carbocycles. The maximum absolute atomic E-state index is 12.1. The van der Waals surface area contributed by atoms with E-state index >= 15 is 0 Å². The Morgan fingerprint density at radius 3 is 1.35 bits per heavy atom. The molecular weight excluding hydrogens is 664 g/mol. The molecule has 0 radical (unpaired) electrons. The van der Waals surface area contributed by atoms with Gasteiger partial charge in [-0.15, -0.1) is 19.7 Å². The first-order valence-corrected chi connectivity index (χ1v) is 16.1. The Labute approximate surface area is 306 Å². The zero-order valence-corrected chi connectivity index (χ0v) is 30.0. The molecule has 1 N–H and O–H groups in total. The van der Waals surface area contributed by atoms with Gasteiger partial charge in [0.25, 0.3) is 0 Å². The Kier molecular flexibility index (Phi) is 21.8. The van der Waals surface area contributed by atoms with Crippen molar-refractivity contribution in [3.8, 4) is 17.2 Å². The van der Waals surface area contributed by atoms with Gasteiger partial charge in [0, 0.05) is 7.11 Å². The molecule has 0 amide bonds. The van der Waals surface area contributed by atoms with Gasteiger partial charge in [0.1, 0.15) is 53.8 Å². The highest BCUT2D eigenvalue weighted by Gasteiger charge is 2.19. The van der Waals surface area contributed by atoms with E-state index in [4.69, 9.17) is 28.4 Å². The molecule has 0 aliphatic heterocycles. The van der Waals surface area contributed by atoms with E-state index in [1.165, 1.54) is 38.5 Å². The Morgan fingerprint density at radius 2 is 0.942 bits per heavy atom. The molecular formula is C42H48O10. The molecule has 276 valence electrons. The largest absolute Gasteiger partial charge is 0.507 e. The van der Waals surface area contributed by atoms with Gasteiger partial charge in [-0.25, -0.2) is 14.4 Å². The van der Waals surface area contributed by atoms with E-state index in [0.717, 1.165) is 11.1 Å². The first-order valence-electron chi connectivity index (χ1n) is 16.1. The van der Waals surface area contributed by atoms with Gasteiger partial charge in [-0.1, -0.05) is 92.6 Å². The van der Waals surface area contributed by atoms with Gasteiger partial charge in [0.2, 0.25) is 0 Å². The minimum absolute atomic E-state index is 0.0687. The fourth-order valence-corrected chi connectivity index (χ4v) is 4.45. The molecule has 0 heterocycles. The summed E-state index contributed by atoms with van der Waals surface area (Å²) in [6.07, 6.45) is 11.3. The minimum atomic E-state index is -0.546. The zero-order valence-electron chi connectivity index (χ0n) is 30.0. The molecule has 0 fully saturated rings. The van der Waals surface area contributed by atoms with Crippen molar-refractivity contribution in [3.05, 3.63) is 164 Å². The van der Waals surface area contributed by atoms with Gasteiger partial charge in [-0.05, 0) is 54.2 Å². The summed E-state index contributed by atoms with van der Waals surface area (Å²) in [6.45, 7) is 21.9. The Morgan fingerprint density at radius 1 is 0.558 bits per heavy atom. The lowest BCUT2D eigenvalue weighted by molar-refractivity contribution is 0.0445. The lowest BCUT2D eigenvalue weighted by atomic mass is 10.0. The average Bonchev–Trinajstić information content (AvgIpc) is 3.15. The summed E-state index contributed by atoms with van der Waals surface area (Å²) in [5.74, 6) is -0.514. The first kappa shape index (κ1) is 43.9. The minimum Gasteiger partial charge on any atom is -0.507 e.